The highest BCUT2D eigenvalue weighted by atomic mass is 32.2. The fourth-order valence-electron chi connectivity index (χ4n) is 4.69. The fourth-order valence-corrected chi connectivity index (χ4v) is 6.18. The van der Waals surface area contributed by atoms with E-state index in [1.165, 1.54) is 4.90 Å². The van der Waals surface area contributed by atoms with E-state index in [0.717, 1.165) is 24.4 Å². The molecule has 0 aromatic heterocycles. The largest absolute Gasteiger partial charge is 0.477 e. The van der Waals surface area contributed by atoms with Gasteiger partial charge in [0, 0.05) is 41.1 Å². The first-order valence-corrected chi connectivity index (χ1v) is 10.0. The average Bonchev–Trinajstić information content (AvgIpc) is 3.28. The molecule has 0 aromatic carbocycles. The lowest BCUT2D eigenvalue weighted by molar-refractivity contribution is -0.163. The van der Waals surface area contributed by atoms with Crippen LogP contribution in [0, 0.1) is 17.8 Å². The van der Waals surface area contributed by atoms with Crippen LogP contribution in [-0.2, 0) is 14.4 Å². The Morgan fingerprint density at radius 2 is 2.19 bits per heavy atom. The van der Waals surface area contributed by atoms with E-state index in [9.17, 15) is 19.8 Å². The second kappa shape index (κ2) is 6.79. The Hall–Kier alpha value is -1.13. The van der Waals surface area contributed by atoms with Crippen molar-refractivity contribution in [1.82, 2.24) is 15.7 Å². The zero-order valence-electron chi connectivity index (χ0n) is 14.8. The molecular weight excluding hydrogens is 358 g/mol. The summed E-state index contributed by atoms with van der Waals surface area (Å²) in [5.74, 6) is -1.49. The molecule has 8 nitrogen and oxygen atoms in total. The molecule has 4 aliphatic rings. The number of aliphatic hydroxyl groups excluding tert-OH is 1. The van der Waals surface area contributed by atoms with E-state index in [1.807, 2.05) is 6.92 Å². The van der Waals surface area contributed by atoms with Crippen LogP contribution in [0.15, 0.2) is 10.6 Å². The molecule has 0 aromatic rings. The molecule has 3 fully saturated rings. The monoisotopic (exact) mass is 383 g/mol. The zero-order valence-corrected chi connectivity index (χ0v) is 15.7. The van der Waals surface area contributed by atoms with Crippen molar-refractivity contribution in [3.8, 4) is 0 Å². The molecule has 4 aliphatic heterocycles. The number of hydrogen-bond acceptors (Lipinski definition) is 7. The summed E-state index contributed by atoms with van der Waals surface area (Å²) in [7, 11) is 0. The smallest absolute Gasteiger partial charge is 0.353 e. The standard InChI is InChI=1S/C17H25N3O5S/c1-7-13-12(8(2)21)16(22)20(13)14(17(23)24)15(7)26-10-3-11(18-5-10)9-4-19-25-6-9/h7-13,18-19,21H,3-6H2,1-2H3,(H,23,24)/t7-,8-,9-,10+,11+,12-,13-/m1/s1. The van der Waals surface area contributed by atoms with Crippen LogP contribution in [0.5, 0.6) is 0 Å². The van der Waals surface area contributed by atoms with Crippen LogP contribution in [0.1, 0.15) is 20.3 Å². The van der Waals surface area contributed by atoms with Gasteiger partial charge in [-0.15, -0.1) is 11.8 Å². The number of hydroxylamine groups is 1. The van der Waals surface area contributed by atoms with E-state index in [2.05, 4.69) is 10.8 Å². The molecule has 4 N–H and O–H groups in total. The Labute approximate surface area is 156 Å². The number of aliphatic hydroxyl groups is 1. The van der Waals surface area contributed by atoms with Gasteiger partial charge in [-0.2, -0.15) is 0 Å². The minimum Gasteiger partial charge on any atom is -0.477 e. The number of hydrogen-bond donors (Lipinski definition) is 4. The number of β-lactam (4-membered cyclic amide) rings is 1. The molecule has 0 aliphatic carbocycles. The van der Waals surface area contributed by atoms with Crippen molar-refractivity contribution >= 4 is 23.6 Å². The molecule has 144 valence electrons. The Balaban J connectivity index is 1.50. The number of amides is 1. The Kier molecular flexibility index (Phi) is 4.77. The van der Waals surface area contributed by atoms with Gasteiger partial charge >= 0.3 is 5.97 Å². The predicted octanol–water partition coefficient (Wildman–Crippen LogP) is -0.245. The number of carboxylic acids is 1. The number of fused-ring (bicyclic) bond motifs is 1. The number of nitrogens with one attached hydrogen (secondary N) is 2. The minimum atomic E-state index is -1.06. The summed E-state index contributed by atoms with van der Waals surface area (Å²) in [6.45, 7) is 5.89. The van der Waals surface area contributed by atoms with Gasteiger partial charge < -0.3 is 25.3 Å². The third-order valence-electron chi connectivity index (χ3n) is 6.04. The van der Waals surface area contributed by atoms with Crippen molar-refractivity contribution in [3.63, 3.8) is 0 Å². The molecule has 26 heavy (non-hydrogen) atoms. The van der Waals surface area contributed by atoms with E-state index in [-0.39, 0.29) is 28.8 Å². The molecule has 0 bridgehead atoms. The van der Waals surface area contributed by atoms with Crippen molar-refractivity contribution in [2.45, 2.75) is 43.7 Å². The summed E-state index contributed by atoms with van der Waals surface area (Å²) in [6.07, 6.45) is 0.181. The number of thioether (sulfide) groups is 1. The average molecular weight is 383 g/mol. The molecule has 0 saturated carbocycles. The van der Waals surface area contributed by atoms with Crippen LogP contribution >= 0.6 is 11.8 Å². The predicted molar refractivity (Wildman–Crippen MR) is 94.9 cm³/mol. The van der Waals surface area contributed by atoms with Crippen LogP contribution in [0.4, 0.5) is 0 Å². The van der Waals surface area contributed by atoms with Crippen LogP contribution in [0.2, 0.25) is 0 Å². The third-order valence-corrected chi connectivity index (χ3v) is 7.55. The van der Waals surface area contributed by atoms with Crippen LogP contribution < -0.4 is 10.8 Å². The van der Waals surface area contributed by atoms with E-state index in [0.29, 0.717) is 18.6 Å². The van der Waals surface area contributed by atoms with Crippen LogP contribution in [0.3, 0.4) is 0 Å². The summed E-state index contributed by atoms with van der Waals surface area (Å²) in [4.78, 5) is 31.6. The Bertz CT molecular complexity index is 648. The first kappa shape index (κ1) is 18.2. The first-order chi connectivity index (χ1) is 12.4. The van der Waals surface area contributed by atoms with Crippen molar-refractivity contribution in [2.75, 3.05) is 19.7 Å². The third kappa shape index (κ3) is 2.77. The highest BCUT2D eigenvalue weighted by Gasteiger charge is 2.60. The van der Waals surface area contributed by atoms with Crippen LogP contribution in [0.25, 0.3) is 0 Å². The van der Waals surface area contributed by atoms with E-state index in [1.54, 1.807) is 18.7 Å². The molecule has 4 rings (SSSR count). The quantitative estimate of drug-likeness (QED) is 0.481. The molecule has 7 atom stereocenters. The topological polar surface area (TPSA) is 111 Å². The lowest BCUT2D eigenvalue weighted by atomic mass is 9.79. The number of carbonyl (C=O) groups is 2. The lowest BCUT2D eigenvalue weighted by Crippen LogP contribution is -2.63. The Morgan fingerprint density at radius 1 is 1.42 bits per heavy atom. The second-order valence-electron chi connectivity index (χ2n) is 7.68. The van der Waals surface area contributed by atoms with Crippen molar-refractivity contribution in [1.29, 1.82) is 0 Å². The summed E-state index contributed by atoms with van der Waals surface area (Å²) >= 11 is 1.58. The summed E-state index contributed by atoms with van der Waals surface area (Å²) in [5.41, 5.74) is 3.02. The lowest BCUT2D eigenvalue weighted by Gasteiger charge is -2.46. The number of aliphatic carboxylic acids is 1. The van der Waals surface area contributed by atoms with E-state index < -0.39 is 18.0 Å². The number of nitrogens with zero attached hydrogens (tertiary/aromatic N) is 1. The molecular formula is C17H25N3O5S. The van der Waals surface area contributed by atoms with Crippen molar-refractivity contribution in [2.24, 2.45) is 17.8 Å². The van der Waals surface area contributed by atoms with E-state index >= 15 is 0 Å². The maximum Gasteiger partial charge on any atom is 0.353 e. The van der Waals surface area contributed by atoms with Gasteiger partial charge in [-0.1, -0.05) is 6.92 Å². The molecule has 3 saturated heterocycles. The van der Waals surface area contributed by atoms with Gasteiger partial charge in [-0.3, -0.25) is 4.79 Å². The normalized spacial score (nSPS) is 40.7. The van der Waals surface area contributed by atoms with Gasteiger partial charge in [0.05, 0.1) is 24.7 Å². The summed E-state index contributed by atoms with van der Waals surface area (Å²) < 4.78 is 0. The molecule has 0 spiro atoms. The van der Waals surface area contributed by atoms with Crippen LogP contribution in [-0.4, -0.2) is 70.1 Å². The number of carbonyl (C=O) groups excluding carboxylic acids is 1. The first-order valence-electron chi connectivity index (χ1n) is 9.13. The van der Waals surface area contributed by atoms with Gasteiger partial charge in [0.1, 0.15) is 5.70 Å². The van der Waals surface area contributed by atoms with Gasteiger partial charge in [-0.25, -0.2) is 10.3 Å². The Morgan fingerprint density at radius 3 is 2.81 bits per heavy atom. The number of rotatable bonds is 5. The van der Waals surface area contributed by atoms with Crippen molar-refractivity contribution in [3.05, 3.63) is 10.6 Å². The van der Waals surface area contributed by atoms with E-state index in [4.69, 9.17) is 4.84 Å². The van der Waals surface area contributed by atoms with Gasteiger partial charge in [0.25, 0.3) is 0 Å². The molecule has 1 amide bonds. The second-order valence-corrected chi connectivity index (χ2v) is 9.02. The van der Waals surface area contributed by atoms with Gasteiger partial charge in [0.2, 0.25) is 5.91 Å². The zero-order chi connectivity index (χ0) is 18.6. The minimum absolute atomic E-state index is 0.0704. The molecule has 4 heterocycles. The fraction of sp³-hybridized carbons (Fsp3) is 0.765. The molecule has 0 radical (unpaired) electrons. The van der Waals surface area contributed by atoms with Gasteiger partial charge in [0.15, 0.2) is 0 Å². The molecule has 0 unspecified atom stereocenters. The summed E-state index contributed by atoms with van der Waals surface area (Å²) in [6, 6.07) is 0.116. The van der Waals surface area contributed by atoms with Gasteiger partial charge in [-0.05, 0) is 13.3 Å². The highest BCUT2D eigenvalue weighted by molar-refractivity contribution is 8.03. The maximum atomic E-state index is 12.4. The molecule has 9 heteroatoms. The summed E-state index contributed by atoms with van der Waals surface area (Å²) in [5, 5.41) is 23.4. The SMILES string of the molecule is C[C@@H](O)[C@H]1C(=O)N2C(C(=O)O)=C(S[C@@H]3CN[C@H]([C@@H]4CNOC4)C3)[C@H](C)[C@H]12. The highest BCUT2D eigenvalue weighted by Crippen LogP contribution is 2.51. The number of carboxylic acid groups (broad SMARTS) is 1. The van der Waals surface area contributed by atoms with Crippen molar-refractivity contribution < 1.29 is 24.6 Å². The maximum absolute atomic E-state index is 12.4.